The third-order valence-electron chi connectivity index (χ3n) is 3.58. The van der Waals surface area contributed by atoms with Crippen molar-refractivity contribution in [3.05, 3.63) is 51.3 Å². The highest BCUT2D eigenvalue weighted by molar-refractivity contribution is 6.32. The molecule has 1 aliphatic rings. The zero-order valence-electron chi connectivity index (χ0n) is 12.4. The van der Waals surface area contributed by atoms with Crippen molar-refractivity contribution in [2.24, 2.45) is 0 Å². The van der Waals surface area contributed by atoms with Crippen molar-refractivity contribution >= 4 is 23.0 Å². The van der Waals surface area contributed by atoms with Crippen LogP contribution < -0.4 is 14.4 Å². The van der Waals surface area contributed by atoms with E-state index in [1.807, 2.05) is 6.07 Å². The lowest BCUT2D eigenvalue weighted by molar-refractivity contribution is -0.385. The van der Waals surface area contributed by atoms with Crippen LogP contribution in [-0.2, 0) is 6.54 Å². The SMILES string of the molecule is COc1c(Cl)cc(CN2CCOc3cnccc32)cc1[N+](=O)[O-]. The van der Waals surface area contributed by atoms with Gasteiger partial charge in [-0.25, -0.2) is 0 Å². The molecule has 2 heterocycles. The molecule has 0 spiro atoms. The maximum absolute atomic E-state index is 11.2. The topological polar surface area (TPSA) is 77.7 Å². The Morgan fingerprint density at radius 1 is 1.52 bits per heavy atom. The number of rotatable bonds is 4. The molecule has 0 radical (unpaired) electrons. The van der Waals surface area contributed by atoms with Crippen LogP contribution >= 0.6 is 11.6 Å². The fraction of sp³-hybridized carbons (Fsp3) is 0.267. The van der Waals surface area contributed by atoms with Crippen LogP contribution in [0.2, 0.25) is 5.02 Å². The summed E-state index contributed by atoms with van der Waals surface area (Å²) in [6, 6.07) is 5.03. The van der Waals surface area contributed by atoms with Crippen molar-refractivity contribution < 1.29 is 14.4 Å². The monoisotopic (exact) mass is 335 g/mol. The highest BCUT2D eigenvalue weighted by Crippen LogP contribution is 2.37. The number of anilines is 1. The van der Waals surface area contributed by atoms with E-state index in [2.05, 4.69) is 9.88 Å². The second-order valence-corrected chi connectivity index (χ2v) is 5.41. The highest BCUT2D eigenvalue weighted by atomic mass is 35.5. The van der Waals surface area contributed by atoms with Gasteiger partial charge < -0.3 is 14.4 Å². The largest absolute Gasteiger partial charge is 0.489 e. The number of nitro benzene ring substituents is 1. The zero-order chi connectivity index (χ0) is 16.4. The third kappa shape index (κ3) is 3.00. The maximum atomic E-state index is 11.2. The number of nitro groups is 1. The average molecular weight is 336 g/mol. The predicted octanol–water partition coefficient (Wildman–Crippen LogP) is 3.05. The minimum absolute atomic E-state index is 0.0759. The third-order valence-corrected chi connectivity index (χ3v) is 3.86. The van der Waals surface area contributed by atoms with Crippen molar-refractivity contribution in [3.63, 3.8) is 0 Å². The number of halogens is 1. The van der Waals surface area contributed by atoms with Gasteiger partial charge in [0.2, 0.25) is 5.75 Å². The molecule has 23 heavy (non-hydrogen) atoms. The van der Waals surface area contributed by atoms with E-state index in [0.717, 1.165) is 11.3 Å². The molecule has 3 rings (SSSR count). The number of aromatic nitrogens is 1. The Morgan fingerprint density at radius 2 is 2.35 bits per heavy atom. The van der Waals surface area contributed by atoms with Gasteiger partial charge in [-0.05, 0) is 17.7 Å². The van der Waals surface area contributed by atoms with Crippen LogP contribution in [0.25, 0.3) is 0 Å². The summed E-state index contributed by atoms with van der Waals surface area (Å²) in [5, 5.41) is 11.4. The average Bonchev–Trinajstić information content (AvgIpc) is 2.54. The number of methoxy groups -OCH3 is 1. The molecule has 2 aromatic rings. The Balaban J connectivity index is 1.94. The lowest BCUT2D eigenvalue weighted by Crippen LogP contribution is -2.32. The van der Waals surface area contributed by atoms with Gasteiger partial charge in [-0.1, -0.05) is 11.6 Å². The van der Waals surface area contributed by atoms with Crippen molar-refractivity contribution in [1.82, 2.24) is 4.98 Å². The Morgan fingerprint density at radius 3 is 3.09 bits per heavy atom. The summed E-state index contributed by atoms with van der Waals surface area (Å²) in [6.45, 7) is 1.68. The molecule has 8 heteroatoms. The summed E-state index contributed by atoms with van der Waals surface area (Å²) in [5.74, 6) is 0.778. The Bertz CT molecular complexity index is 753. The summed E-state index contributed by atoms with van der Waals surface area (Å²) in [4.78, 5) is 16.8. The molecule has 0 unspecified atom stereocenters. The standard InChI is InChI=1S/C15H14ClN3O4/c1-22-15-11(16)6-10(7-13(15)19(20)21)9-18-4-5-23-14-8-17-3-2-12(14)18/h2-3,6-8H,4-5,9H2,1H3. The Labute approximate surface area is 137 Å². The van der Waals surface area contributed by atoms with E-state index in [1.165, 1.54) is 13.2 Å². The number of ether oxygens (including phenoxy) is 2. The summed E-state index contributed by atoms with van der Waals surface area (Å²) >= 11 is 6.11. The number of nitrogens with zero attached hydrogens (tertiary/aromatic N) is 3. The minimum atomic E-state index is -0.495. The van der Waals surface area contributed by atoms with E-state index in [4.69, 9.17) is 21.1 Å². The normalized spacial score (nSPS) is 13.2. The first kappa shape index (κ1) is 15.4. The number of hydrogen-bond donors (Lipinski definition) is 0. The molecule has 0 N–H and O–H groups in total. The quantitative estimate of drug-likeness (QED) is 0.631. The molecule has 0 amide bonds. The van der Waals surface area contributed by atoms with Crippen molar-refractivity contribution in [3.8, 4) is 11.5 Å². The molecular formula is C15H14ClN3O4. The minimum Gasteiger partial charge on any atom is -0.489 e. The lowest BCUT2D eigenvalue weighted by atomic mass is 10.1. The second kappa shape index (κ2) is 6.29. The van der Waals surface area contributed by atoms with E-state index in [9.17, 15) is 10.1 Å². The van der Waals surface area contributed by atoms with Crippen molar-refractivity contribution in [1.29, 1.82) is 0 Å². The summed E-state index contributed by atoms with van der Waals surface area (Å²) in [5.41, 5.74) is 1.49. The van der Waals surface area contributed by atoms with E-state index < -0.39 is 4.92 Å². The van der Waals surface area contributed by atoms with Crippen LogP contribution in [0, 0.1) is 10.1 Å². The van der Waals surface area contributed by atoms with Crippen LogP contribution in [0.3, 0.4) is 0 Å². The molecule has 0 bridgehead atoms. The molecule has 0 saturated heterocycles. The van der Waals surface area contributed by atoms with Gasteiger partial charge in [0.1, 0.15) is 6.61 Å². The van der Waals surface area contributed by atoms with Crippen LogP contribution in [0.15, 0.2) is 30.6 Å². The number of pyridine rings is 1. The van der Waals surface area contributed by atoms with Gasteiger partial charge in [0, 0.05) is 18.8 Å². The highest BCUT2D eigenvalue weighted by Gasteiger charge is 2.23. The maximum Gasteiger partial charge on any atom is 0.312 e. The summed E-state index contributed by atoms with van der Waals surface area (Å²) < 4.78 is 10.6. The van der Waals surface area contributed by atoms with Gasteiger partial charge in [-0.2, -0.15) is 0 Å². The van der Waals surface area contributed by atoms with Crippen LogP contribution in [0.4, 0.5) is 11.4 Å². The number of benzene rings is 1. The zero-order valence-corrected chi connectivity index (χ0v) is 13.1. The first-order valence-electron chi connectivity index (χ1n) is 6.92. The van der Waals surface area contributed by atoms with Crippen LogP contribution in [0.5, 0.6) is 11.5 Å². The molecule has 0 aliphatic carbocycles. The van der Waals surface area contributed by atoms with Gasteiger partial charge >= 0.3 is 5.69 Å². The van der Waals surface area contributed by atoms with Crippen LogP contribution in [-0.4, -0.2) is 30.2 Å². The van der Waals surface area contributed by atoms with Gasteiger partial charge in [0.15, 0.2) is 5.75 Å². The van der Waals surface area contributed by atoms with Crippen LogP contribution in [0.1, 0.15) is 5.56 Å². The Kier molecular flexibility index (Phi) is 4.20. The first-order valence-corrected chi connectivity index (χ1v) is 7.30. The number of fused-ring (bicyclic) bond motifs is 1. The molecule has 7 nitrogen and oxygen atoms in total. The molecular weight excluding hydrogens is 322 g/mol. The van der Waals surface area contributed by atoms with Gasteiger partial charge in [-0.15, -0.1) is 0 Å². The van der Waals surface area contributed by atoms with Gasteiger partial charge in [-0.3, -0.25) is 15.1 Å². The van der Waals surface area contributed by atoms with Crippen molar-refractivity contribution in [2.75, 3.05) is 25.2 Å². The first-order chi connectivity index (χ1) is 11.1. The molecule has 0 saturated carbocycles. The fourth-order valence-corrected chi connectivity index (χ4v) is 2.89. The van der Waals surface area contributed by atoms with E-state index in [-0.39, 0.29) is 16.5 Å². The summed E-state index contributed by atoms with van der Waals surface area (Å²) in [7, 11) is 1.36. The van der Waals surface area contributed by atoms with E-state index >= 15 is 0 Å². The van der Waals surface area contributed by atoms with E-state index in [0.29, 0.717) is 25.4 Å². The molecule has 1 aromatic heterocycles. The van der Waals surface area contributed by atoms with Gasteiger partial charge in [0.25, 0.3) is 0 Å². The lowest BCUT2D eigenvalue weighted by Gasteiger charge is -2.30. The predicted molar refractivity (Wildman–Crippen MR) is 85.4 cm³/mol. The molecule has 1 aliphatic heterocycles. The van der Waals surface area contributed by atoms with Crippen molar-refractivity contribution in [2.45, 2.75) is 6.54 Å². The summed E-state index contributed by atoms with van der Waals surface area (Å²) in [6.07, 6.45) is 3.34. The number of hydrogen-bond acceptors (Lipinski definition) is 6. The van der Waals surface area contributed by atoms with Gasteiger partial charge in [0.05, 0.1) is 35.5 Å². The fourth-order valence-electron chi connectivity index (χ4n) is 2.58. The molecule has 0 fully saturated rings. The Hall–Kier alpha value is -2.54. The van der Waals surface area contributed by atoms with E-state index in [1.54, 1.807) is 18.5 Å². The molecule has 0 atom stereocenters. The molecule has 1 aromatic carbocycles. The second-order valence-electron chi connectivity index (χ2n) is 5.00. The molecule has 120 valence electrons. The smallest absolute Gasteiger partial charge is 0.312 e.